The van der Waals surface area contributed by atoms with Crippen LogP contribution in [0.25, 0.3) is 10.9 Å². The molecule has 19 heavy (non-hydrogen) atoms. The molecule has 100 valence electrons. The van der Waals surface area contributed by atoms with Gasteiger partial charge in [0.1, 0.15) is 5.75 Å². The first-order chi connectivity index (χ1) is 9.31. The molecule has 0 bridgehead atoms. The van der Waals surface area contributed by atoms with Gasteiger partial charge in [0.05, 0.1) is 38.5 Å². The Labute approximate surface area is 111 Å². The molecule has 1 saturated heterocycles. The molecule has 0 radical (unpaired) electrons. The van der Waals surface area contributed by atoms with Crippen LogP contribution in [0, 0.1) is 0 Å². The lowest BCUT2D eigenvalue weighted by Crippen LogP contribution is -2.03. The molecule has 1 fully saturated rings. The summed E-state index contributed by atoms with van der Waals surface area (Å²) in [4.78, 5) is 4.48. The van der Waals surface area contributed by atoms with Crippen molar-refractivity contribution < 1.29 is 18.9 Å². The highest BCUT2D eigenvalue weighted by molar-refractivity contribution is 5.81. The summed E-state index contributed by atoms with van der Waals surface area (Å²) in [5.74, 6) is 1.32. The van der Waals surface area contributed by atoms with E-state index in [1.165, 1.54) is 0 Å². The average Bonchev–Trinajstić information content (AvgIpc) is 2.99. The fraction of sp³-hybridized carbons (Fsp3) is 0.357. The van der Waals surface area contributed by atoms with Gasteiger partial charge in [-0.15, -0.1) is 0 Å². The van der Waals surface area contributed by atoms with Crippen molar-refractivity contribution in [1.82, 2.24) is 4.98 Å². The van der Waals surface area contributed by atoms with E-state index in [4.69, 9.17) is 18.9 Å². The number of pyridine rings is 1. The molecule has 0 aliphatic carbocycles. The third-order valence-corrected chi connectivity index (χ3v) is 3.08. The van der Waals surface area contributed by atoms with Crippen LogP contribution in [0.1, 0.15) is 11.9 Å². The maximum atomic E-state index is 5.51. The highest BCUT2D eigenvalue weighted by Gasteiger charge is 2.23. The Bertz CT molecular complexity index is 593. The standard InChI is InChI=1S/C14H15NO4/c1-16-10-3-4-12-9(7-10)8-11(13(15-12)17-2)14-18-5-6-19-14/h3-4,7-8,14H,5-6H2,1-2H3. The summed E-state index contributed by atoms with van der Waals surface area (Å²) < 4.78 is 21.6. The van der Waals surface area contributed by atoms with Crippen LogP contribution in [0.2, 0.25) is 0 Å². The molecular formula is C14H15NO4. The minimum absolute atomic E-state index is 0.405. The Hall–Kier alpha value is -1.85. The number of hydrogen-bond donors (Lipinski definition) is 0. The lowest BCUT2D eigenvalue weighted by molar-refractivity contribution is -0.0457. The average molecular weight is 261 g/mol. The molecule has 0 unspecified atom stereocenters. The van der Waals surface area contributed by atoms with Gasteiger partial charge in [-0.05, 0) is 24.3 Å². The van der Waals surface area contributed by atoms with E-state index < -0.39 is 6.29 Å². The summed E-state index contributed by atoms with van der Waals surface area (Å²) >= 11 is 0. The summed E-state index contributed by atoms with van der Waals surface area (Å²) in [5.41, 5.74) is 1.65. The Morgan fingerprint density at radius 1 is 1.11 bits per heavy atom. The maximum absolute atomic E-state index is 5.51. The molecule has 2 heterocycles. The Kier molecular flexibility index (Phi) is 3.23. The van der Waals surface area contributed by atoms with Gasteiger partial charge in [0.15, 0.2) is 6.29 Å². The van der Waals surface area contributed by atoms with Crippen LogP contribution < -0.4 is 9.47 Å². The molecule has 0 amide bonds. The van der Waals surface area contributed by atoms with E-state index in [1.807, 2.05) is 24.3 Å². The number of ether oxygens (including phenoxy) is 4. The van der Waals surface area contributed by atoms with Crippen molar-refractivity contribution in [3.05, 3.63) is 29.8 Å². The van der Waals surface area contributed by atoms with Crippen LogP contribution >= 0.6 is 0 Å². The minimum atomic E-state index is -0.405. The number of hydrogen-bond acceptors (Lipinski definition) is 5. The molecule has 0 N–H and O–H groups in total. The van der Waals surface area contributed by atoms with Crippen molar-refractivity contribution in [2.24, 2.45) is 0 Å². The summed E-state index contributed by atoms with van der Waals surface area (Å²) in [6.45, 7) is 1.17. The maximum Gasteiger partial charge on any atom is 0.222 e. The first kappa shape index (κ1) is 12.2. The highest BCUT2D eigenvalue weighted by atomic mass is 16.7. The molecular weight excluding hydrogens is 246 g/mol. The van der Waals surface area contributed by atoms with Gasteiger partial charge in [-0.3, -0.25) is 0 Å². The van der Waals surface area contributed by atoms with Gasteiger partial charge in [0.2, 0.25) is 5.88 Å². The van der Waals surface area contributed by atoms with E-state index in [0.717, 1.165) is 22.2 Å². The number of rotatable bonds is 3. The minimum Gasteiger partial charge on any atom is -0.497 e. The van der Waals surface area contributed by atoms with E-state index in [-0.39, 0.29) is 0 Å². The van der Waals surface area contributed by atoms with E-state index in [1.54, 1.807) is 14.2 Å². The SMILES string of the molecule is COc1ccc2nc(OC)c(C3OCCO3)cc2c1. The number of fused-ring (bicyclic) bond motifs is 1. The van der Waals surface area contributed by atoms with Crippen molar-refractivity contribution in [3.8, 4) is 11.6 Å². The molecule has 1 aliphatic heterocycles. The lowest BCUT2D eigenvalue weighted by atomic mass is 10.1. The van der Waals surface area contributed by atoms with Crippen LogP contribution in [0.4, 0.5) is 0 Å². The third kappa shape index (κ3) is 2.22. The Morgan fingerprint density at radius 3 is 2.58 bits per heavy atom. The largest absolute Gasteiger partial charge is 0.497 e. The van der Waals surface area contributed by atoms with Gasteiger partial charge in [-0.1, -0.05) is 0 Å². The quantitative estimate of drug-likeness (QED) is 0.848. The van der Waals surface area contributed by atoms with Gasteiger partial charge in [0.25, 0.3) is 0 Å². The van der Waals surface area contributed by atoms with Gasteiger partial charge in [-0.2, -0.15) is 0 Å². The fourth-order valence-corrected chi connectivity index (χ4v) is 2.15. The lowest BCUT2D eigenvalue weighted by Gasteiger charge is -2.14. The van der Waals surface area contributed by atoms with E-state index >= 15 is 0 Å². The van der Waals surface area contributed by atoms with Crippen molar-refractivity contribution in [2.75, 3.05) is 27.4 Å². The van der Waals surface area contributed by atoms with Crippen LogP contribution in [-0.4, -0.2) is 32.4 Å². The smallest absolute Gasteiger partial charge is 0.222 e. The number of nitrogens with zero attached hydrogens (tertiary/aromatic N) is 1. The first-order valence-electron chi connectivity index (χ1n) is 6.07. The summed E-state index contributed by atoms with van der Waals surface area (Å²) in [6.07, 6.45) is -0.405. The summed E-state index contributed by atoms with van der Waals surface area (Å²) in [5, 5.41) is 0.967. The third-order valence-electron chi connectivity index (χ3n) is 3.08. The van der Waals surface area contributed by atoms with Crippen molar-refractivity contribution in [1.29, 1.82) is 0 Å². The molecule has 0 saturated carbocycles. The second-order valence-corrected chi connectivity index (χ2v) is 4.22. The van der Waals surface area contributed by atoms with Crippen molar-refractivity contribution in [3.63, 3.8) is 0 Å². The van der Waals surface area contributed by atoms with Crippen LogP contribution in [0.15, 0.2) is 24.3 Å². The Morgan fingerprint density at radius 2 is 1.89 bits per heavy atom. The number of benzene rings is 1. The van der Waals surface area contributed by atoms with E-state index in [0.29, 0.717) is 19.1 Å². The van der Waals surface area contributed by atoms with Gasteiger partial charge >= 0.3 is 0 Å². The number of aromatic nitrogens is 1. The molecule has 5 nitrogen and oxygen atoms in total. The normalized spacial score (nSPS) is 15.9. The predicted octanol–water partition coefficient (Wildman–Crippen LogP) is 2.30. The van der Waals surface area contributed by atoms with Crippen molar-refractivity contribution >= 4 is 10.9 Å². The van der Waals surface area contributed by atoms with Gasteiger partial charge < -0.3 is 18.9 Å². The van der Waals surface area contributed by atoms with Crippen molar-refractivity contribution in [2.45, 2.75) is 6.29 Å². The monoisotopic (exact) mass is 261 g/mol. The molecule has 2 aromatic rings. The van der Waals surface area contributed by atoms with Crippen LogP contribution in [0.5, 0.6) is 11.6 Å². The van der Waals surface area contributed by atoms with Gasteiger partial charge in [-0.25, -0.2) is 4.98 Å². The topological polar surface area (TPSA) is 49.8 Å². The molecule has 0 atom stereocenters. The van der Waals surface area contributed by atoms with E-state index in [2.05, 4.69) is 4.98 Å². The summed E-state index contributed by atoms with van der Waals surface area (Å²) in [7, 11) is 3.23. The zero-order chi connectivity index (χ0) is 13.2. The first-order valence-corrected chi connectivity index (χ1v) is 6.07. The Balaban J connectivity index is 2.12. The van der Waals surface area contributed by atoms with E-state index in [9.17, 15) is 0 Å². The molecule has 0 spiro atoms. The highest BCUT2D eigenvalue weighted by Crippen LogP contribution is 2.33. The molecule has 3 rings (SSSR count). The second-order valence-electron chi connectivity index (χ2n) is 4.22. The zero-order valence-electron chi connectivity index (χ0n) is 10.9. The molecule has 5 heteroatoms. The van der Waals surface area contributed by atoms with Crippen LogP contribution in [-0.2, 0) is 9.47 Å². The zero-order valence-corrected chi connectivity index (χ0v) is 10.9. The predicted molar refractivity (Wildman–Crippen MR) is 69.5 cm³/mol. The number of methoxy groups -OCH3 is 2. The molecule has 1 aromatic carbocycles. The summed E-state index contributed by atoms with van der Waals surface area (Å²) in [6, 6.07) is 7.67. The van der Waals surface area contributed by atoms with Crippen LogP contribution in [0.3, 0.4) is 0 Å². The molecule has 1 aromatic heterocycles. The second kappa shape index (κ2) is 5.03. The van der Waals surface area contributed by atoms with Gasteiger partial charge in [0, 0.05) is 5.39 Å². The molecule has 1 aliphatic rings. The fourth-order valence-electron chi connectivity index (χ4n) is 2.15.